The van der Waals surface area contributed by atoms with Crippen LogP contribution >= 0.6 is 0 Å². The highest BCUT2D eigenvalue weighted by Crippen LogP contribution is 2.46. The van der Waals surface area contributed by atoms with Gasteiger partial charge in [-0.15, -0.1) is 0 Å². The third-order valence-corrected chi connectivity index (χ3v) is 5.67. The molecular weight excluding hydrogens is 436 g/mol. The van der Waals surface area contributed by atoms with Crippen LogP contribution in [0.4, 0.5) is 0 Å². The summed E-state index contributed by atoms with van der Waals surface area (Å²) >= 11 is 0. The summed E-state index contributed by atoms with van der Waals surface area (Å²) in [6.07, 6.45) is 3.26. The van der Waals surface area contributed by atoms with E-state index >= 15 is 0 Å². The van der Waals surface area contributed by atoms with Crippen LogP contribution in [0.1, 0.15) is 22.7 Å². The molecule has 2 aromatic carbocycles. The van der Waals surface area contributed by atoms with Gasteiger partial charge in [0.05, 0.1) is 32.9 Å². The highest BCUT2D eigenvalue weighted by molar-refractivity contribution is 6.46. The molecule has 1 aromatic heterocycles. The fourth-order valence-electron chi connectivity index (χ4n) is 4.09. The van der Waals surface area contributed by atoms with Crippen LogP contribution < -0.4 is 14.2 Å². The first-order valence-corrected chi connectivity index (χ1v) is 10.5. The number of ketones is 1. The van der Waals surface area contributed by atoms with Gasteiger partial charge in [0.1, 0.15) is 5.76 Å². The Labute approximate surface area is 197 Å². The van der Waals surface area contributed by atoms with Gasteiger partial charge in [-0.3, -0.25) is 14.6 Å². The summed E-state index contributed by atoms with van der Waals surface area (Å²) in [5, 5.41) is 11.2. The number of aliphatic hydroxyl groups excluding tert-OH is 1. The summed E-state index contributed by atoms with van der Waals surface area (Å²) in [6, 6.07) is 14.7. The number of aliphatic hydroxyl groups is 1. The van der Waals surface area contributed by atoms with Crippen LogP contribution in [0.5, 0.6) is 17.2 Å². The van der Waals surface area contributed by atoms with E-state index in [-0.39, 0.29) is 17.9 Å². The highest BCUT2D eigenvalue weighted by atomic mass is 16.5. The lowest BCUT2D eigenvalue weighted by atomic mass is 9.94. The number of hydrogen-bond acceptors (Lipinski definition) is 7. The Morgan fingerprint density at radius 3 is 2.21 bits per heavy atom. The van der Waals surface area contributed by atoms with Gasteiger partial charge in [0.25, 0.3) is 11.7 Å². The lowest BCUT2D eigenvalue weighted by Crippen LogP contribution is -2.29. The smallest absolute Gasteiger partial charge is 0.295 e. The predicted octanol–water partition coefficient (Wildman–Crippen LogP) is 3.73. The summed E-state index contributed by atoms with van der Waals surface area (Å²) in [7, 11) is 4.46. The number of carbonyl (C=O) groups is 2. The first-order chi connectivity index (χ1) is 16.5. The number of carbonyl (C=O) groups excluding carboxylic acids is 2. The van der Waals surface area contributed by atoms with Gasteiger partial charge in [0, 0.05) is 24.5 Å². The van der Waals surface area contributed by atoms with E-state index in [1.54, 1.807) is 60.9 Å². The summed E-state index contributed by atoms with van der Waals surface area (Å²) in [6.45, 7) is 0.116. The number of likely N-dealkylation sites (tertiary alicyclic amines) is 1. The molecule has 174 valence electrons. The molecule has 0 bridgehead atoms. The van der Waals surface area contributed by atoms with Crippen LogP contribution in [-0.2, 0) is 16.1 Å². The Kier molecular flexibility index (Phi) is 6.49. The fourth-order valence-corrected chi connectivity index (χ4v) is 4.09. The zero-order valence-electron chi connectivity index (χ0n) is 19.0. The molecule has 2 heterocycles. The number of amides is 1. The quantitative estimate of drug-likeness (QED) is 0.326. The van der Waals surface area contributed by atoms with E-state index in [9.17, 15) is 14.7 Å². The van der Waals surface area contributed by atoms with Crippen molar-refractivity contribution >= 4 is 17.4 Å². The average Bonchev–Trinajstić information content (AvgIpc) is 3.13. The number of hydrogen-bond donors (Lipinski definition) is 1. The maximum Gasteiger partial charge on any atom is 0.295 e. The van der Waals surface area contributed by atoms with Crippen molar-refractivity contribution in [3.8, 4) is 17.2 Å². The van der Waals surface area contributed by atoms with Crippen LogP contribution in [-0.4, -0.2) is 48.0 Å². The number of benzene rings is 2. The van der Waals surface area contributed by atoms with Gasteiger partial charge in [-0.25, -0.2) is 0 Å². The number of ether oxygens (including phenoxy) is 3. The largest absolute Gasteiger partial charge is 0.507 e. The van der Waals surface area contributed by atoms with Crippen LogP contribution in [0.15, 0.2) is 72.6 Å². The molecule has 0 aliphatic carbocycles. The maximum absolute atomic E-state index is 13.2. The molecule has 4 rings (SSSR count). The van der Waals surface area contributed by atoms with Gasteiger partial charge in [-0.2, -0.15) is 0 Å². The fraction of sp³-hybridized carbons (Fsp3) is 0.192. The van der Waals surface area contributed by atoms with Crippen LogP contribution in [0.25, 0.3) is 5.76 Å². The molecule has 0 radical (unpaired) electrons. The SMILES string of the molecule is COc1cc([C@H]2C(=C(O)c3ccccc3)C(=O)C(=O)N2Cc2cccnc2)cc(OC)c1OC. The molecule has 0 spiro atoms. The first-order valence-electron chi connectivity index (χ1n) is 10.5. The van der Waals surface area contributed by atoms with Crippen molar-refractivity contribution in [2.45, 2.75) is 12.6 Å². The minimum atomic E-state index is -0.894. The molecule has 1 amide bonds. The first kappa shape index (κ1) is 22.8. The van der Waals surface area contributed by atoms with Crippen molar-refractivity contribution in [2.75, 3.05) is 21.3 Å². The molecule has 1 N–H and O–H groups in total. The number of rotatable bonds is 7. The Hall–Kier alpha value is -4.33. The van der Waals surface area contributed by atoms with Crippen molar-refractivity contribution in [3.63, 3.8) is 0 Å². The maximum atomic E-state index is 13.2. The molecule has 8 nitrogen and oxygen atoms in total. The number of nitrogens with zero attached hydrogens (tertiary/aromatic N) is 2. The third kappa shape index (κ3) is 4.05. The van der Waals surface area contributed by atoms with Gasteiger partial charge >= 0.3 is 0 Å². The second-order valence-corrected chi connectivity index (χ2v) is 7.61. The monoisotopic (exact) mass is 460 g/mol. The van der Waals surface area contributed by atoms with E-state index in [0.29, 0.717) is 28.4 Å². The molecule has 1 saturated heterocycles. The lowest BCUT2D eigenvalue weighted by Gasteiger charge is -2.26. The molecule has 3 aromatic rings. The predicted molar refractivity (Wildman–Crippen MR) is 125 cm³/mol. The van der Waals surface area contributed by atoms with E-state index in [0.717, 1.165) is 5.56 Å². The van der Waals surface area contributed by atoms with Crippen molar-refractivity contribution in [1.82, 2.24) is 9.88 Å². The van der Waals surface area contributed by atoms with Gasteiger partial charge in [0.15, 0.2) is 11.5 Å². The summed E-state index contributed by atoms with van der Waals surface area (Å²) < 4.78 is 16.4. The van der Waals surface area contributed by atoms with E-state index in [2.05, 4.69) is 4.98 Å². The Morgan fingerprint density at radius 1 is 0.971 bits per heavy atom. The lowest BCUT2D eigenvalue weighted by molar-refractivity contribution is -0.140. The molecule has 0 unspecified atom stereocenters. The molecule has 0 saturated carbocycles. The zero-order valence-corrected chi connectivity index (χ0v) is 19.0. The molecule has 1 atom stereocenters. The van der Waals surface area contributed by atoms with E-state index in [4.69, 9.17) is 14.2 Å². The van der Waals surface area contributed by atoms with Gasteiger partial charge < -0.3 is 24.2 Å². The van der Waals surface area contributed by atoms with E-state index < -0.39 is 17.7 Å². The number of methoxy groups -OCH3 is 3. The zero-order chi connectivity index (χ0) is 24.2. The van der Waals surface area contributed by atoms with Crippen LogP contribution in [0, 0.1) is 0 Å². The standard InChI is InChI=1S/C26H24N2O6/c1-32-19-12-18(13-20(33-2)25(19)34-3)22-21(23(29)17-9-5-4-6-10-17)24(30)26(31)28(22)15-16-8-7-11-27-14-16/h4-14,22,29H,15H2,1-3H3/t22-/m0/s1. The van der Waals surface area contributed by atoms with Gasteiger partial charge in [-0.1, -0.05) is 36.4 Å². The number of aromatic nitrogens is 1. The second-order valence-electron chi connectivity index (χ2n) is 7.61. The van der Waals surface area contributed by atoms with Crippen molar-refractivity contribution in [2.24, 2.45) is 0 Å². The van der Waals surface area contributed by atoms with E-state index in [1.807, 2.05) is 6.07 Å². The van der Waals surface area contributed by atoms with Crippen molar-refractivity contribution < 1.29 is 28.9 Å². The summed E-state index contributed by atoms with van der Waals surface area (Å²) in [4.78, 5) is 31.9. The number of Topliss-reactive ketones (excluding diaryl/α,β-unsaturated/α-hetero) is 1. The molecule has 1 aliphatic heterocycles. The minimum absolute atomic E-state index is 0.0191. The molecule has 1 fully saturated rings. The van der Waals surface area contributed by atoms with Crippen molar-refractivity contribution in [1.29, 1.82) is 0 Å². The van der Waals surface area contributed by atoms with Crippen LogP contribution in [0.2, 0.25) is 0 Å². The summed E-state index contributed by atoms with van der Waals surface area (Å²) in [5.41, 5.74) is 1.67. The third-order valence-electron chi connectivity index (χ3n) is 5.67. The normalized spacial score (nSPS) is 17.0. The average molecular weight is 460 g/mol. The summed E-state index contributed by atoms with van der Waals surface area (Å²) in [5.74, 6) is -0.649. The van der Waals surface area contributed by atoms with E-state index in [1.165, 1.54) is 26.2 Å². The molecule has 34 heavy (non-hydrogen) atoms. The van der Waals surface area contributed by atoms with Gasteiger partial charge in [0.2, 0.25) is 5.75 Å². The Morgan fingerprint density at radius 2 is 1.65 bits per heavy atom. The Balaban J connectivity index is 1.94. The second kappa shape index (κ2) is 9.66. The van der Waals surface area contributed by atoms with Gasteiger partial charge in [-0.05, 0) is 29.3 Å². The minimum Gasteiger partial charge on any atom is -0.507 e. The molecule has 8 heteroatoms. The Bertz CT molecular complexity index is 1220. The topological polar surface area (TPSA) is 98.2 Å². The van der Waals surface area contributed by atoms with Crippen LogP contribution in [0.3, 0.4) is 0 Å². The van der Waals surface area contributed by atoms with Crippen molar-refractivity contribution in [3.05, 3.63) is 89.3 Å². The molecule has 1 aliphatic rings. The molecular formula is C26H24N2O6. The number of pyridine rings is 1. The highest BCUT2D eigenvalue weighted by Gasteiger charge is 2.46.